The third kappa shape index (κ3) is 3.33. The van der Waals surface area contributed by atoms with Crippen LogP contribution in [0.4, 0.5) is 5.69 Å². The highest BCUT2D eigenvalue weighted by atomic mass is 16.1. The molecular formula is C16H21N5O. The summed E-state index contributed by atoms with van der Waals surface area (Å²) in [7, 11) is 0. The van der Waals surface area contributed by atoms with Gasteiger partial charge in [0.2, 0.25) is 0 Å². The van der Waals surface area contributed by atoms with Gasteiger partial charge in [-0.3, -0.25) is 9.78 Å². The average molecular weight is 299 g/mol. The van der Waals surface area contributed by atoms with Gasteiger partial charge in [-0.25, -0.2) is 4.68 Å². The second kappa shape index (κ2) is 6.70. The summed E-state index contributed by atoms with van der Waals surface area (Å²) in [6.45, 7) is 3.10. The van der Waals surface area contributed by atoms with Crippen LogP contribution in [0.15, 0.2) is 41.6 Å². The average Bonchev–Trinajstić information content (AvgIpc) is 2.58. The third-order valence-corrected chi connectivity index (χ3v) is 4.25. The van der Waals surface area contributed by atoms with Gasteiger partial charge >= 0.3 is 0 Å². The lowest BCUT2D eigenvalue weighted by molar-refractivity contribution is 0.414. The van der Waals surface area contributed by atoms with Gasteiger partial charge in [-0.1, -0.05) is 0 Å². The van der Waals surface area contributed by atoms with Crippen LogP contribution in [0.3, 0.4) is 0 Å². The highest BCUT2D eigenvalue weighted by Gasteiger charge is 2.19. The van der Waals surface area contributed by atoms with Crippen molar-refractivity contribution in [2.45, 2.75) is 19.4 Å². The molecule has 0 bridgehead atoms. The molecule has 1 saturated heterocycles. The first-order chi connectivity index (χ1) is 10.8. The van der Waals surface area contributed by atoms with E-state index in [-0.39, 0.29) is 5.56 Å². The van der Waals surface area contributed by atoms with Gasteiger partial charge in [0, 0.05) is 31.5 Å². The van der Waals surface area contributed by atoms with Crippen LogP contribution < -0.4 is 16.2 Å². The Bertz CT molecular complexity index is 662. The van der Waals surface area contributed by atoms with Crippen LogP contribution in [0.5, 0.6) is 0 Å². The number of hydrogen-bond acceptors (Lipinski definition) is 5. The number of piperidine rings is 1. The van der Waals surface area contributed by atoms with Crippen LogP contribution in [-0.4, -0.2) is 34.4 Å². The summed E-state index contributed by atoms with van der Waals surface area (Å²) in [6.07, 6.45) is 7.38. The zero-order chi connectivity index (χ0) is 15.4. The van der Waals surface area contributed by atoms with Gasteiger partial charge in [0.05, 0.1) is 18.4 Å². The van der Waals surface area contributed by atoms with Crippen molar-refractivity contribution >= 4 is 5.69 Å². The second-order valence-electron chi connectivity index (χ2n) is 5.73. The van der Waals surface area contributed by atoms with E-state index in [1.807, 2.05) is 12.1 Å². The SMILES string of the molecule is NCC1CCN(c2cnn(Cc3ccncc3)c(=O)c2)CC1. The van der Waals surface area contributed by atoms with Crippen molar-refractivity contribution in [1.82, 2.24) is 14.8 Å². The number of nitrogens with two attached hydrogens (primary N) is 1. The molecule has 1 aliphatic heterocycles. The first-order valence-electron chi connectivity index (χ1n) is 7.67. The van der Waals surface area contributed by atoms with Crippen molar-refractivity contribution in [2.24, 2.45) is 11.7 Å². The van der Waals surface area contributed by atoms with Crippen molar-refractivity contribution < 1.29 is 0 Å². The van der Waals surface area contributed by atoms with Crippen LogP contribution >= 0.6 is 0 Å². The Balaban J connectivity index is 1.71. The van der Waals surface area contributed by atoms with E-state index in [9.17, 15) is 4.79 Å². The largest absolute Gasteiger partial charge is 0.370 e. The molecule has 0 radical (unpaired) electrons. The Hall–Kier alpha value is -2.21. The molecule has 0 aliphatic carbocycles. The van der Waals surface area contributed by atoms with Crippen molar-refractivity contribution in [3.63, 3.8) is 0 Å². The molecule has 1 fully saturated rings. The van der Waals surface area contributed by atoms with E-state index in [2.05, 4.69) is 15.0 Å². The maximum absolute atomic E-state index is 12.2. The molecule has 2 aromatic heterocycles. The van der Waals surface area contributed by atoms with Gasteiger partial charge in [0.25, 0.3) is 5.56 Å². The van der Waals surface area contributed by atoms with Crippen LogP contribution in [0.25, 0.3) is 0 Å². The van der Waals surface area contributed by atoms with Crippen molar-refractivity contribution in [2.75, 3.05) is 24.5 Å². The second-order valence-corrected chi connectivity index (χ2v) is 5.73. The molecule has 3 heterocycles. The maximum Gasteiger partial charge on any atom is 0.269 e. The molecule has 2 N–H and O–H groups in total. The molecule has 22 heavy (non-hydrogen) atoms. The van der Waals surface area contributed by atoms with E-state index in [0.29, 0.717) is 12.5 Å². The fraction of sp³-hybridized carbons (Fsp3) is 0.438. The van der Waals surface area contributed by atoms with Crippen molar-refractivity contribution in [1.29, 1.82) is 0 Å². The predicted molar refractivity (Wildman–Crippen MR) is 85.8 cm³/mol. The lowest BCUT2D eigenvalue weighted by Crippen LogP contribution is -2.37. The van der Waals surface area contributed by atoms with Gasteiger partial charge in [0.1, 0.15) is 0 Å². The van der Waals surface area contributed by atoms with Crippen LogP contribution in [0.2, 0.25) is 0 Å². The molecule has 6 heteroatoms. The molecule has 116 valence electrons. The van der Waals surface area contributed by atoms with Gasteiger partial charge in [-0.15, -0.1) is 0 Å². The molecule has 0 unspecified atom stereocenters. The number of anilines is 1. The zero-order valence-electron chi connectivity index (χ0n) is 12.6. The number of hydrogen-bond donors (Lipinski definition) is 1. The van der Waals surface area contributed by atoms with Crippen molar-refractivity contribution in [3.05, 3.63) is 52.7 Å². The molecule has 0 amide bonds. The third-order valence-electron chi connectivity index (χ3n) is 4.25. The number of aromatic nitrogens is 3. The summed E-state index contributed by atoms with van der Waals surface area (Å²) in [4.78, 5) is 18.4. The predicted octanol–water partition coefficient (Wildman–Crippen LogP) is 0.862. The Labute approximate surface area is 129 Å². The molecule has 6 nitrogen and oxygen atoms in total. The number of rotatable bonds is 4. The van der Waals surface area contributed by atoms with E-state index >= 15 is 0 Å². The quantitative estimate of drug-likeness (QED) is 0.906. The zero-order valence-corrected chi connectivity index (χ0v) is 12.6. The smallest absolute Gasteiger partial charge is 0.269 e. The maximum atomic E-state index is 12.2. The lowest BCUT2D eigenvalue weighted by Gasteiger charge is -2.32. The van der Waals surface area contributed by atoms with Gasteiger partial charge < -0.3 is 10.6 Å². The van der Waals surface area contributed by atoms with E-state index in [1.165, 1.54) is 4.68 Å². The van der Waals surface area contributed by atoms with Crippen LogP contribution in [0.1, 0.15) is 18.4 Å². The molecule has 0 saturated carbocycles. The number of pyridine rings is 1. The molecule has 2 aromatic rings. The normalized spacial score (nSPS) is 16.0. The highest BCUT2D eigenvalue weighted by molar-refractivity contribution is 5.43. The van der Waals surface area contributed by atoms with Gasteiger partial charge in [-0.05, 0) is 43.0 Å². The molecule has 0 aromatic carbocycles. The van der Waals surface area contributed by atoms with Crippen molar-refractivity contribution in [3.8, 4) is 0 Å². The minimum Gasteiger partial charge on any atom is -0.370 e. The van der Waals surface area contributed by atoms with E-state index in [0.717, 1.165) is 43.7 Å². The summed E-state index contributed by atoms with van der Waals surface area (Å²) in [5.41, 5.74) is 7.57. The summed E-state index contributed by atoms with van der Waals surface area (Å²) in [6, 6.07) is 5.45. The molecule has 0 spiro atoms. The van der Waals surface area contributed by atoms with Gasteiger partial charge in [-0.2, -0.15) is 5.10 Å². The first-order valence-corrected chi connectivity index (χ1v) is 7.67. The molecule has 1 aliphatic rings. The Morgan fingerprint density at radius 1 is 1.23 bits per heavy atom. The monoisotopic (exact) mass is 299 g/mol. The number of nitrogens with zero attached hydrogens (tertiary/aromatic N) is 4. The standard InChI is InChI=1S/C16H21N5O/c17-10-13-3-7-20(8-4-13)15-9-16(22)21(19-11-15)12-14-1-5-18-6-2-14/h1-2,5-6,9,11,13H,3-4,7-8,10,12,17H2. The topological polar surface area (TPSA) is 77.0 Å². The Morgan fingerprint density at radius 3 is 2.59 bits per heavy atom. The van der Waals surface area contributed by atoms with E-state index < -0.39 is 0 Å². The fourth-order valence-corrected chi connectivity index (χ4v) is 2.80. The van der Waals surface area contributed by atoms with E-state index in [1.54, 1.807) is 24.7 Å². The Kier molecular flexibility index (Phi) is 4.48. The summed E-state index contributed by atoms with van der Waals surface area (Å²) in [5, 5.41) is 4.31. The minimum atomic E-state index is -0.0738. The minimum absolute atomic E-state index is 0.0738. The molecule has 3 rings (SSSR count). The summed E-state index contributed by atoms with van der Waals surface area (Å²) < 4.78 is 1.48. The van der Waals surface area contributed by atoms with E-state index in [4.69, 9.17) is 5.73 Å². The first kappa shape index (κ1) is 14.7. The van der Waals surface area contributed by atoms with Crippen LogP contribution in [0, 0.1) is 5.92 Å². The summed E-state index contributed by atoms with van der Waals surface area (Å²) in [5.74, 6) is 0.608. The summed E-state index contributed by atoms with van der Waals surface area (Å²) >= 11 is 0. The van der Waals surface area contributed by atoms with Crippen LogP contribution in [-0.2, 0) is 6.54 Å². The molecule has 0 atom stereocenters. The highest BCUT2D eigenvalue weighted by Crippen LogP contribution is 2.20. The van der Waals surface area contributed by atoms with Gasteiger partial charge in [0.15, 0.2) is 0 Å². The lowest BCUT2D eigenvalue weighted by atomic mass is 9.97. The molecular weight excluding hydrogens is 278 g/mol. The fourth-order valence-electron chi connectivity index (χ4n) is 2.80. The Morgan fingerprint density at radius 2 is 1.95 bits per heavy atom.